The third-order valence-corrected chi connectivity index (χ3v) is 4.51. The summed E-state index contributed by atoms with van der Waals surface area (Å²) in [6, 6.07) is 0. The maximum absolute atomic E-state index is 5.63. The second kappa shape index (κ2) is 16.8. The minimum Gasteiger partial charge on any atom is -0.377 e. The molecule has 0 amide bonds. The SMILES string of the molecule is C1=C\CCCCCCCCCCCCCCCCOC\C=C/1. The highest BCUT2D eigenvalue weighted by Crippen LogP contribution is 2.13. The van der Waals surface area contributed by atoms with Crippen LogP contribution in [0.2, 0.25) is 0 Å². The van der Waals surface area contributed by atoms with Crippen LogP contribution in [-0.2, 0) is 4.74 Å². The van der Waals surface area contributed by atoms with Gasteiger partial charge in [-0.15, -0.1) is 0 Å². The summed E-state index contributed by atoms with van der Waals surface area (Å²) < 4.78 is 5.63. The fourth-order valence-electron chi connectivity index (χ4n) is 3.05. The van der Waals surface area contributed by atoms with Crippen LogP contribution in [0.4, 0.5) is 0 Å². The summed E-state index contributed by atoms with van der Waals surface area (Å²) >= 11 is 0. The van der Waals surface area contributed by atoms with Gasteiger partial charge in [0, 0.05) is 6.61 Å². The van der Waals surface area contributed by atoms with E-state index < -0.39 is 0 Å². The van der Waals surface area contributed by atoms with Crippen molar-refractivity contribution in [3.63, 3.8) is 0 Å². The standard InChI is InChI=1S/C21H38O/c1-2-4-6-8-10-12-14-16-18-20-22-21-19-17-15-13-11-9-7-5-3-1/h12,14,16,18H,1-11,13,15,17,19-21H2/b14-12-,18-16-. The Morgan fingerprint density at radius 3 is 1.50 bits per heavy atom. The van der Waals surface area contributed by atoms with Crippen molar-refractivity contribution in [1.29, 1.82) is 0 Å². The van der Waals surface area contributed by atoms with Crippen molar-refractivity contribution in [1.82, 2.24) is 0 Å². The van der Waals surface area contributed by atoms with Crippen molar-refractivity contribution in [3.05, 3.63) is 24.3 Å². The fourth-order valence-corrected chi connectivity index (χ4v) is 3.05. The maximum Gasteiger partial charge on any atom is 0.0650 e. The topological polar surface area (TPSA) is 9.23 Å². The lowest BCUT2D eigenvalue weighted by atomic mass is 10.0. The van der Waals surface area contributed by atoms with Crippen molar-refractivity contribution in [3.8, 4) is 0 Å². The maximum atomic E-state index is 5.63. The Kier molecular flexibility index (Phi) is 14.9. The first-order valence-electron chi connectivity index (χ1n) is 9.89. The van der Waals surface area contributed by atoms with Crippen LogP contribution < -0.4 is 0 Å². The molecule has 0 N–H and O–H groups in total. The molecular formula is C21H38O. The molecule has 128 valence electrons. The smallest absolute Gasteiger partial charge is 0.0650 e. The van der Waals surface area contributed by atoms with Crippen molar-refractivity contribution in [2.75, 3.05) is 13.2 Å². The lowest BCUT2D eigenvalue weighted by Crippen LogP contribution is -1.94. The van der Waals surface area contributed by atoms with Crippen molar-refractivity contribution in [2.24, 2.45) is 0 Å². The van der Waals surface area contributed by atoms with Gasteiger partial charge in [-0.25, -0.2) is 0 Å². The van der Waals surface area contributed by atoms with Crippen LogP contribution in [0, 0.1) is 0 Å². The molecule has 1 rings (SSSR count). The van der Waals surface area contributed by atoms with Gasteiger partial charge in [0.2, 0.25) is 0 Å². The van der Waals surface area contributed by atoms with Gasteiger partial charge in [-0.1, -0.05) is 101 Å². The molecule has 1 aliphatic heterocycles. The minimum absolute atomic E-state index is 0.768. The Bertz CT molecular complexity index is 239. The van der Waals surface area contributed by atoms with Gasteiger partial charge < -0.3 is 4.74 Å². The lowest BCUT2D eigenvalue weighted by Gasteiger charge is -2.04. The molecule has 0 aromatic rings. The highest BCUT2D eigenvalue weighted by atomic mass is 16.5. The van der Waals surface area contributed by atoms with E-state index in [0.29, 0.717) is 0 Å². The van der Waals surface area contributed by atoms with Crippen LogP contribution in [0.1, 0.15) is 96.3 Å². The zero-order chi connectivity index (χ0) is 15.6. The van der Waals surface area contributed by atoms with E-state index in [-0.39, 0.29) is 0 Å². The Labute approximate surface area is 139 Å². The van der Waals surface area contributed by atoms with E-state index in [4.69, 9.17) is 4.74 Å². The van der Waals surface area contributed by atoms with Crippen molar-refractivity contribution in [2.45, 2.75) is 96.3 Å². The van der Waals surface area contributed by atoms with Gasteiger partial charge in [-0.3, -0.25) is 0 Å². The van der Waals surface area contributed by atoms with E-state index in [9.17, 15) is 0 Å². The van der Waals surface area contributed by atoms with Gasteiger partial charge in [0.15, 0.2) is 0 Å². The van der Waals surface area contributed by atoms with Gasteiger partial charge in [0.1, 0.15) is 0 Å². The summed E-state index contributed by atoms with van der Waals surface area (Å²) in [6.45, 7) is 1.69. The van der Waals surface area contributed by atoms with Crippen LogP contribution >= 0.6 is 0 Å². The van der Waals surface area contributed by atoms with Crippen molar-refractivity contribution < 1.29 is 4.74 Å². The molecule has 0 fully saturated rings. The van der Waals surface area contributed by atoms with Gasteiger partial charge >= 0.3 is 0 Å². The van der Waals surface area contributed by atoms with E-state index in [1.54, 1.807) is 0 Å². The summed E-state index contributed by atoms with van der Waals surface area (Å²) in [7, 11) is 0. The first kappa shape index (κ1) is 19.5. The second-order valence-electron chi connectivity index (χ2n) is 6.67. The van der Waals surface area contributed by atoms with Gasteiger partial charge in [0.25, 0.3) is 0 Å². The molecule has 0 radical (unpaired) electrons. The largest absolute Gasteiger partial charge is 0.377 e. The highest BCUT2D eigenvalue weighted by molar-refractivity contribution is 5.02. The molecule has 0 unspecified atom stereocenters. The number of hydrogen-bond donors (Lipinski definition) is 0. The number of ether oxygens (including phenoxy) is 1. The summed E-state index contributed by atoms with van der Waals surface area (Å²) in [5.74, 6) is 0. The van der Waals surface area contributed by atoms with Gasteiger partial charge in [-0.05, 0) is 19.3 Å². The molecule has 1 heteroatoms. The van der Waals surface area contributed by atoms with Crippen LogP contribution in [0.3, 0.4) is 0 Å². The number of hydrogen-bond acceptors (Lipinski definition) is 1. The van der Waals surface area contributed by atoms with Gasteiger partial charge in [0.05, 0.1) is 6.61 Å². The molecule has 0 aromatic carbocycles. The fraction of sp³-hybridized carbons (Fsp3) is 0.810. The number of rotatable bonds is 0. The van der Waals surface area contributed by atoms with Crippen LogP contribution in [-0.4, -0.2) is 13.2 Å². The highest BCUT2D eigenvalue weighted by Gasteiger charge is 1.94. The Hall–Kier alpha value is -0.560. The third kappa shape index (κ3) is 14.4. The molecule has 1 aliphatic rings. The van der Waals surface area contributed by atoms with Gasteiger partial charge in [-0.2, -0.15) is 0 Å². The van der Waals surface area contributed by atoms with E-state index in [0.717, 1.165) is 13.2 Å². The molecular weight excluding hydrogens is 268 g/mol. The molecule has 1 nitrogen and oxygen atoms in total. The van der Waals surface area contributed by atoms with E-state index in [2.05, 4.69) is 24.3 Å². The molecule has 0 atom stereocenters. The monoisotopic (exact) mass is 306 g/mol. The molecule has 0 saturated heterocycles. The first-order chi connectivity index (χ1) is 11.0. The number of allylic oxidation sites excluding steroid dienone is 3. The minimum atomic E-state index is 0.768. The zero-order valence-electron chi connectivity index (χ0n) is 14.7. The van der Waals surface area contributed by atoms with Crippen molar-refractivity contribution >= 4 is 0 Å². The van der Waals surface area contributed by atoms with Crippen LogP contribution in [0.5, 0.6) is 0 Å². The van der Waals surface area contributed by atoms with E-state index in [1.807, 2.05) is 0 Å². The Morgan fingerprint density at radius 1 is 0.455 bits per heavy atom. The van der Waals surface area contributed by atoms with Crippen LogP contribution in [0.15, 0.2) is 24.3 Å². The zero-order valence-corrected chi connectivity index (χ0v) is 14.7. The molecule has 0 saturated carbocycles. The third-order valence-electron chi connectivity index (χ3n) is 4.51. The molecule has 0 bridgehead atoms. The predicted molar refractivity (Wildman–Crippen MR) is 98.4 cm³/mol. The molecule has 22 heavy (non-hydrogen) atoms. The average molecular weight is 307 g/mol. The molecule has 0 spiro atoms. The first-order valence-corrected chi connectivity index (χ1v) is 9.89. The molecule has 1 heterocycles. The quantitative estimate of drug-likeness (QED) is 0.469. The summed E-state index contributed by atoms with van der Waals surface area (Å²) in [4.78, 5) is 0. The van der Waals surface area contributed by atoms with E-state index in [1.165, 1.54) is 96.3 Å². The van der Waals surface area contributed by atoms with Crippen LogP contribution in [0.25, 0.3) is 0 Å². The molecule has 0 aliphatic carbocycles. The summed E-state index contributed by atoms with van der Waals surface area (Å²) in [6.07, 6.45) is 29.7. The lowest BCUT2D eigenvalue weighted by molar-refractivity contribution is 0.157. The Balaban J connectivity index is 2.10. The average Bonchev–Trinajstić information content (AvgIpc) is 2.53. The Morgan fingerprint density at radius 2 is 0.909 bits per heavy atom. The summed E-state index contributed by atoms with van der Waals surface area (Å²) in [5.41, 5.74) is 0. The van der Waals surface area contributed by atoms with E-state index >= 15 is 0 Å². The summed E-state index contributed by atoms with van der Waals surface area (Å²) in [5, 5.41) is 0. The second-order valence-corrected chi connectivity index (χ2v) is 6.67. The predicted octanol–water partition coefficient (Wildman–Crippen LogP) is 6.98. The normalized spacial score (nSPS) is 25.5. The molecule has 0 aromatic heterocycles.